The number of aryl methyl sites for hydroxylation is 3. The van der Waals surface area contributed by atoms with Crippen molar-refractivity contribution < 1.29 is 18.0 Å². The number of hydrogen-bond donors (Lipinski definition) is 1. The molecule has 41 heavy (non-hydrogen) atoms. The maximum Gasteiger partial charge on any atom is 0.264 e. The Kier molecular flexibility index (Phi) is 11.1. The molecule has 0 spiro atoms. The molecule has 2 amide bonds. The Morgan fingerprint density at radius 2 is 1.51 bits per heavy atom. The van der Waals surface area contributed by atoms with E-state index >= 15 is 0 Å². The van der Waals surface area contributed by atoms with E-state index in [1.165, 1.54) is 4.31 Å². The smallest absolute Gasteiger partial charge is 0.264 e. The van der Waals surface area contributed by atoms with Crippen LogP contribution in [0.15, 0.2) is 77.7 Å². The molecule has 0 bridgehead atoms. The van der Waals surface area contributed by atoms with Gasteiger partial charge in [0.2, 0.25) is 11.8 Å². The Morgan fingerprint density at radius 3 is 2.10 bits per heavy atom. The van der Waals surface area contributed by atoms with Crippen LogP contribution in [0.2, 0.25) is 0 Å². The fourth-order valence-corrected chi connectivity index (χ4v) is 6.23. The van der Waals surface area contributed by atoms with Gasteiger partial charge in [-0.2, -0.15) is 0 Å². The Balaban J connectivity index is 2.03. The minimum Gasteiger partial charge on any atom is -0.354 e. The molecule has 0 heterocycles. The van der Waals surface area contributed by atoms with Crippen molar-refractivity contribution in [3.8, 4) is 0 Å². The van der Waals surface area contributed by atoms with Gasteiger partial charge in [-0.1, -0.05) is 86.5 Å². The summed E-state index contributed by atoms with van der Waals surface area (Å²) in [5, 5.41) is 2.96. The minimum atomic E-state index is -4.09. The molecule has 3 aromatic carbocycles. The van der Waals surface area contributed by atoms with Crippen LogP contribution in [0.1, 0.15) is 49.4 Å². The highest BCUT2D eigenvalue weighted by atomic mass is 32.2. The first-order valence-electron chi connectivity index (χ1n) is 14.2. The zero-order chi connectivity index (χ0) is 30.2. The summed E-state index contributed by atoms with van der Waals surface area (Å²) in [6.07, 6.45) is 0.938. The number of hydrogen-bond acceptors (Lipinski definition) is 4. The SMILES string of the molecule is CC[C@H](C(=O)NCC(C)C)N(CCc1ccccc1)C(=O)CN(c1ccc(C)cc1C)S(=O)(=O)c1ccc(C)cc1. The second kappa shape index (κ2) is 14.3. The Bertz CT molecular complexity index is 1420. The van der Waals surface area contributed by atoms with Crippen molar-refractivity contribution in [3.05, 3.63) is 95.1 Å². The van der Waals surface area contributed by atoms with Crippen molar-refractivity contribution in [3.63, 3.8) is 0 Å². The van der Waals surface area contributed by atoms with Crippen LogP contribution in [0.4, 0.5) is 5.69 Å². The van der Waals surface area contributed by atoms with E-state index in [9.17, 15) is 18.0 Å². The second-order valence-corrected chi connectivity index (χ2v) is 12.9. The monoisotopic (exact) mass is 577 g/mol. The van der Waals surface area contributed by atoms with Gasteiger partial charge < -0.3 is 10.2 Å². The number of carbonyl (C=O) groups excluding carboxylic acids is 2. The molecule has 1 atom stereocenters. The molecule has 0 unspecified atom stereocenters. The molecule has 0 aliphatic heterocycles. The van der Waals surface area contributed by atoms with E-state index in [4.69, 9.17) is 0 Å². The van der Waals surface area contributed by atoms with Gasteiger partial charge in [-0.25, -0.2) is 8.42 Å². The van der Waals surface area contributed by atoms with Gasteiger partial charge in [0.15, 0.2) is 0 Å². The molecular formula is C33H43N3O4S. The summed E-state index contributed by atoms with van der Waals surface area (Å²) < 4.78 is 29.3. The van der Waals surface area contributed by atoms with E-state index in [2.05, 4.69) is 5.32 Å². The first-order valence-corrected chi connectivity index (χ1v) is 15.7. The molecule has 3 aromatic rings. The van der Waals surface area contributed by atoms with Crippen LogP contribution in [0.3, 0.4) is 0 Å². The molecule has 1 N–H and O–H groups in total. The fourth-order valence-electron chi connectivity index (χ4n) is 4.75. The quantitative estimate of drug-likeness (QED) is 0.294. The lowest BCUT2D eigenvalue weighted by atomic mass is 10.1. The maximum atomic E-state index is 14.1. The number of amides is 2. The summed E-state index contributed by atoms with van der Waals surface area (Å²) in [5.41, 5.74) is 4.13. The maximum absolute atomic E-state index is 14.1. The van der Waals surface area contributed by atoms with Crippen LogP contribution in [-0.4, -0.2) is 50.8 Å². The van der Waals surface area contributed by atoms with Gasteiger partial charge in [0.25, 0.3) is 10.0 Å². The average molecular weight is 578 g/mol. The highest BCUT2D eigenvalue weighted by Crippen LogP contribution is 2.28. The minimum absolute atomic E-state index is 0.105. The van der Waals surface area contributed by atoms with E-state index in [1.54, 1.807) is 35.2 Å². The van der Waals surface area contributed by atoms with Crippen molar-refractivity contribution >= 4 is 27.5 Å². The predicted molar refractivity (Wildman–Crippen MR) is 165 cm³/mol. The van der Waals surface area contributed by atoms with Crippen molar-refractivity contribution in [1.29, 1.82) is 0 Å². The van der Waals surface area contributed by atoms with Crippen LogP contribution < -0.4 is 9.62 Å². The van der Waals surface area contributed by atoms with Gasteiger partial charge in [-0.05, 0) is 68.9 Å². The van der Waals surface area contributed by atoms with Gasteiger partial charge >= 0.3 is 0 Å². The molecule has 0 aliphatic carbocycles. The molecule has 220 valence electrons. The van der Waals surface area contributed by atoms with Crippen LogP contribution in [0.5, 0.6) is 0 Å². The van der Waals surface area contributed by atoms with Crippen molar-refractivity contribution in [1.82, 2.24) is 10.2 Å². The van der Waals surface area contributed by atoms with Gasteiger partial charge in [-0.15, -0.1) is 0 Å². The lowest BCUT2D eigenvalue weighted by Crippen LogP contribution is -2.53. The van der Waals surface area contributed by atoms with Gasteiger partial charge in [0, 0.05) is 13.1 Å². The molecule has 0 radical (unpaired) electrons. The number of sulfonamides is 1. The van der Waals surface area contributed by atoms with E-state index in [-0.39, 0.29) is 23.3 Å². The standard InChI is InChI=1S/C33H43N3O4S/c1-7-30(33(38)34-22-24(2)3)35(20-19-28-11-9-8-10-12-28)32(37)23-36(31-18-15-26(5)21-27(31)6)41(39,40)29-16-13-25(4)14-17-29/h8-18,21,24,30H,7,19-20,22-23H2,1-6H3,(H,34,38)/t30-/m1/s1. The lowest BCUT2D eigenvalue weighted by Gasteiger charge is -2.33. The topological polar surface area (TPSA) is 86.8 Å². The molecule has 3 rings (SSSR count). The summed E-state index contributed by atoms with van der Waals surface area (Å²) in [6, 6.07) is 21.1. The third-order valence-electron chi connectivity index (χ3n) is 7.06. The van der Waals surface area contributed by atoms with Gasteiger partial charge in [-0.3, -0.25) is 13.9 Å². The number of carbonyl (C=O) groups is 2. The normalized spacial score (nSPS) is 12.2. The summed E-state index contributed by atoms with van der Waals surface area (Å²) in [6.45, 7) is 11.9. The van der Waals surface area contributed by atoms with Crippen molar-refractivity contribution in [2.45, 2.75) is 65.3 Å². The first kappa shape index (κ1) is 31.9. The summed E-state index contributed by atoms with van der Waals surface area (Å²) in [4.78, 5) is 29.1. The molecular weight excluding hydrogens is 534 g/mol. The third kappa shape index (κ3) is 8.43. The fraction of sp³-hybridized carbons (Fsp3) is 0.394. The second-order valence-electron chi connectivity index (χ2n) is 11.0. The average Bonchev–Trinajstić information content (AvgIpc) is 2.93. The van der Waals surface area contributed by atoms with Crippen LogP contribution >= 0.6 is 0 Å². The first-order chi connectivity index (χ1) is 19.4. The predicted octanol–water partition coefficient (Wildman–Crippen LogP) is 5.43. The summed E-state index contributed by atoms with van der Waals surface area (Å²) in [7, 11) is -4.09. The van der Waals surface area contributed by atoms with E-state index in [0.717, 1.165) is 22.3 Å². The van der Waals surface area contributed by atoms with E-state index < -0.39 is 28.5 Å². The molecule has 7 nitrogen and oxygen atoms in total. The molecule has 0 saturated heterocycles. The lowest BCUT2D eigenvalue weighted by molar-refractivity contribution is -0.139. The number of benzene rings is 3. The van der Waals surface area contributed by atoms with Crippen LogP contribution in [-0.2, 0) is 26.0 Å². The number of nitrogens with one attached hydrogen (secondary N) is 1. The van der Waals surface area contributed by atoms with E-state index in [0.29, 0.717) is 25.1 Å². The zero-order valence-corrected chi connectivity index (χ0v) is 25.9. The molecule has 0 saturated carbocycles. The van der Waals surface area contributed by atoms with Gasteiger partial charge in [0.1, 0.15) is 12.6 Å². The zero-order valence-electron chi connectivity index (χ0n) is 25.1. The Hall–Kier alpha value is -3.65. The number of rotatable bonds is 13. The summed E-state index contributed by atoms with van der Waals surface area (Å²) >= 11 is 0. The van der Waals surface area contributed by atoms with Crippen molar-refractivity contribution in [2.24, 2.45) is 5.92 Å². The molecule has 0 aliphatic rings. The number of anilines is 1. The summed E-state index contributed by atoms with van der Waals surface area (Å²) in [5.74, 6) is -0.408. The molecule has 0 fully saturated rings. The third-order valence-corrected chi connectivity index (χ3v) is 8.84. The van der Waals surface area contributed by atoms with Crippen LogP contribution in [0.25, 0.3) is 0 Å². The largest absolute Gasteiger partial charge is 0.354 e. The van der Waals surface area contributed by atoms with E-state index in [1.807, 2.05) is 84.0 Å². The van der Waals surface area contributed by atoms with Gasteiger partial charge in [0.05, 0.1) is 10.6 Å². The van der Waals surface area contributed by atoms with Crippen LogP contribution in [0, 0.1) is 26.7 Å². The Labute approximate surface area is 245 Å². The highest BCUT2D eigenvalue weighted by Gasteiger charge is 2.34. The molecule has 0 aromatic heterocycles. The highest BCUT2D eigenvalue weighted by molar-refractivity contribution is 7.92. The van der Waals surface area contributed by atoms with Crippen molar-refractivity contribution in [2.75, 3.05) is 23.9 Å². The Morgan fingerprint density at radius 1 is 0.878 bits per heavy atom. The molecule has 8 heteroatoms. The number of nitrogens with zero attached hydrogens (tertiary/aromatic N) is 2.